The number of amides is 3. The molecule has 8 heteroatoms. The Labute approximate surface area is 152 Å². The number of nitrogens with one attached hydrogen (secondary N) is 2. The van der Waals surface area contributed by atoms with E-state index < -0.39 is 12.1 Å². The third-order valence-electron chi connectivity index (χ3n) is 3.72. The molecule has 6 nitrogen and oxygen atoms in total. The molecule has 0 unspecified atom stereocenters. The van der Waals surface area contributed by atoms with E-state index in [2.05, 4.69) is 31.5 Å². The third-order valence-corrected chi connectivity index (χ3v) is 4.99. The zero-order chi connectivity index (χ0) is 17.1. The minimum Gasteiger partial charge on any atom is -0.352 e. The lowest BCUT2D eigenvalue weighted by Crippen LogP contribution is -2.35. The zero-order valence-electron chi connectivity index (χ0n) is 12.8. The minimum atomic E-state index is -0.668. The Morgan fingerprint density at radius 2 is 2.21 bits per heavy atom. The summed E-state index contributed by atoms with van der Waals surface area (Å²) in [6, 6.07) is 6.24. The third kappa shape index (κ3) is 4.55. The van der Waals surface area contributed by atoms with Crippen LogP contribution in [0, 0.1) is 0 Å². The fourth-order valence-corrected chi connectivity index (χ4v) is 3.64. The second-order valence-corrected chi connectivity index (χ2v) is 7.49. The molecule has 0 bridgehead atoms. The van der Waals surface area contributed by atoms with Crippen LogP contribution in [0.5, 0.6) is 0 Å². The SMILES string of the molecule is NC(=O)N[C@@H](CC(=O)Nc1nc(C2CC2)cs1)c1cccc(Br)c1. The maximum atomic E-state index is 12.3. The summed E-state index contributed by atoms with van der Waals surface area (Å²) in [5.74, 6) is 0.336. The molecule has 1 aromatic heterocycles. The zero-order valence-corrected chi connectivity index (χ0v) is 15.2. The number of hydrogen-bond acceptors (Lipinski definition) is 4. The summed E-state index contributed by atoms with van der Waals surface area (Å²) >= 11 is 4.81. The number of urea groups is 1. The van der Waals surface area contributed by atoms with Crippen LogP contribution in [0.2, 0.25) is 0 Å². The van der Waals surface area contributed by atoms with Gasteiger partial charge in [-0.2, -0.15) is 0 Å². The number of nitrogens with zero attached hydrogens (tertiary/aromatic N) is 1. The van der Waals surface area contributed by atoms with Crippen LogP contribution < -0.4 is 16.4 Å². The summed E-state index contributed by atoms with van der Waals surface area (Å²) in [5, 5.41) is 7.99. The van der Waals surface area contributed by atoms with Crippen molar-refractivity contribution < 1.29 is 9.59 Å². The van der Waals surface area contributed by atoms with Crippen molar-refractivity contribution in [2.24, 2.45) is 5.73 Å². The van der Waals surface area contributed by atoms with E-state index in [1.165, 1.54) is 24.2 Å². The minimum absolute atomic E-state index is 0.0811. The standard InChI is InChI=1S/C16H17BrN4O2S/c17-11-3-1-2-10(6-11)12(19-15(18)23)7-14(22)21-16-20-13(8-24-16)9-4-5-9/h1-3,6,8-9,12H,4-5,7H2,(H3,18,19,23)(H,20,21,22)/t12-/m0/s1. The van der Waals surface area contributed by atoms with Crippen molar-refractivity contribution in [3.05, 3.63) is 45.4 Å². The van der Waals surface area contributed by atoms with Crippen molar-refractivity contribution in [3.8, 4) is 0 Å². The molecule has 1 atom stereocenters. The maximum Gasteiger partial charge on any atom is 0.312 e. The average Bonchev–Trinajstić information content (AvgIpc) is 3.27. The van der Waals surface area contributed by atoms with Crippen molar-refractivity contribution in [3.63, 3.8) is 0 Å². The lowest BCUT2D eigenvalue weighted by atomic mass is 10.0. The van der Waals surface area contributed by atoms with Crippen LogP contribution in [0.3, 0.4) is 0 Å². The highest BCUT2D eigenvalue weighted by molar-refractivity contribution is 9.10. The van der Waals surface area contributed by atoms with Gasteiger partial charge in [0.15, 0.2) is 5.13 Å². The molecule has 126 valence electrons. The number of rotatable bonds is 6. The quantitative estimate of drug-likeness (QED) is 0.681. The predicted molar refractivity (Wildman–Crippen MR) is 96.9 cm³/mol. The largest absolute Gasteiger partial charge is 0.352 e. The molecule has 1 fully saturated rings. The molecule has 1 aromatic carbocycles. The molecular formula is C16H17BrN4O2S. The molecule has 1 aliphatic carbocycles. The molecule has 3 amide bonds. The molecule has 1 saturated carbocycles. The lowest BCUT2D eigenvalue weighted by Gasteiger charge is -2.17. The van der Waals surface area contributed by atoms with Crippen LogP contribution >= 0.6 is 27.3 Å². The fourth-order valence-electron chi connectivity index (χ4n) is 2.41. The predicted octanol–water partition coefficient (Wildman–Crippen LogP) is 3.52. The second-order valence-electron chi connectivity index (χ2n) is 5.72. The van der Waals surface area contributed by atoms with Gasteiger partial charge in [0, 0.05) is 15.8 Å². The van der Waals surface area contributed by atoms with E-state index in [0.717, 1.165) is 15.7 Å². The molecule has 0 aliphatic heterocycles. The second kappa shape index (κ2) is 7.31. The van der Waals surface area contributed by atoms with Crippen LogP contribution in [0.25, 0.3) is 0 Å². The van der Waals surface area contributed by atoms with Crippen molar-refractivity contribution in [2.75, 3.05) is 5.32 Å². The molecule has 1 aliphatic rings. The number of halogens is 1. The molecular weight excluding hydrogens is 392 g/mol. The van der Waals surface area contributed by atoms with Gasteiger partial charge in [-0.3, -0.25) is 4.79 Å². The van der Waals surface area contributed by atoms with Gasteiger partial charge in [-0.1, -0.05) is 28.1 Å². The first-order valence-corrected chi connectivity index (χ1v) is 9.25. The Balaban J connectivity index is 1.66. The maximum absolute atomic E-state index is 12.3. The number of thiazole rings is 1. The molecule has 0 radical (unpaired) electrons. The Morgan fingerprint density at radius 1 is 1.42 bits per heavy atom. The first-order valence-electron chi connectivity index (χ1n) is 7.58. The number of hydrogen-bond donors (Lipinski definition) is 3. The number of anilines is 1. The number of carbonyl (C=O) groups is 2. The number of carbonyl (C=O) groups excluding carboxylic acids is 2. The Hall–Kier alpha value is -1.93. The summed E-state index contributed by atoms with van der Waals surface area (Å²) in [7, 11) is 0. The molecule has 24 heavy (non-hydrogen) atoms. The van der Waals surface area contributed by atoms with Crippen LogP contribution in [0.4, 0.5) is 9.93 Å². The van der Waals surface area contributed by atoms with Crippen molar-refractivity contribution in [1.82, 2.24) is 10.3 Å². The Kier molecular flexibility index (Phi) is 5.15. The normalized spacial score (nSPS) is 14.9. The lowest BCUT2D eigenvalue weighted by molar-refractivity contribution is -0.116. The highest BCUT2D eigenvalue weighted by Crippen LogP contribution is 2.40. The van der Waals surface area contributed by atoms with Crippen molar-refractivity contribution >= 4 is 44.3 Å². The smallest absolute Gasteiger partial charge is 0.312 e. The van der Waals surface area contributed by atoms with Gasteiger partial charge in [0.2, 0.25) is 5.91 Å². The first-order chi connectivity index (χ1) is 11.5. The van der Waals surface area contributed by atoms with Gasteiger partial charge >= 0.3 is 6.03 Å². The highest BCUT2D eigenvalue weighted by Gasteiger charge is 2.26. The molecule has 4 N–H and O–H groups in total. The summed E-state index contributed by atoms with van der Waals surface area (Å²) in [5.41, 5.74) is 7.09. The van der Waals surface area contributed by atoms with Crippen LogP contribution in [-0.2, 0) is 4.79 Å². The van der Waals surface area contributed by atoms with Gasteiger partial charge < -0.3 is 16.4 Å². The number of benzene rings is 1. The van der Waals surface area contributed by atoms with Gasteiger partial charge in [-0.15, -0.1) is 11.3 Å². The van der Waals surface area contributed by atoms with Crippen LogP contribution in [0.1, 0.15) is 42.5 Å². The van der Waals surface area contributed by atoms with Gasteiger partial charge in [-0.05, 0) is 30.5 Å². The van der Waals surface area contributed by atoms with Gasteiger partial charge in [-0.25, -0.2) is 9.78 Å². The van der Waals surface area contributed by atoms with E-state index >= 15 is 0 Å². The van der Waals surface area contributed by atoms with E-state index in [9.17, 15) is 9.59 Å². The van der Waals surface area contributed by atoms with E-state index in [-0.39, 0.29) is 12.3 Å². The molecule has 1 heterocycles. The number of aromatic nitrogens is 1. The van der Waals surface area contributed by atoms with Crippen molar-refractivity contribution in [2.45, 2.75) is 31.2 Å². The van der Waals surface area contributed by atoms with E-state index in [1.807, 2.05) is 29.6 Å². The number of nitrogens with two attached hydrogens (primary N) is 1. The Bertz CT molecular complexity index is 760. The van der Waals surface area contributed by atoms with Crippen LogP contribution in [0.15, 0.2) is 34.1 Å². The van der Waals surface area contributed by atoms with Gasteiger partial charge in [0.1, 0.15) is 0 Å². The van der Waals surface area contributed by atoms with E-state index in [4.69, 9.17) is 5.73 Å². The van der Waals surface area contributed by atoms with Crippen LogP contribution in [-0.4, -0.2) is 16.9 Å². The summed E-state index contributed by atoms with van der Waals surface area (Å²) in [6.07, 6.45) is 2.42. The van der Waals surface area contributed by atoms with Crippen molar-refractivity contribution in [1.29, 1.82) is 0 Å². The summed E-state index contributed by atoms with van der Waals surface area (Å²) in [4.78, 5) is 28.0. The highest BCUT2D eigenvalue weighted by atomic mass is 79.9. The molecule has 0 spiro atoms. The first kappa shape index (κ1) is 16.9. The van der Waals surface area contributed by atoms with Gasteiger partial charge in [0.05, 0.1) is 18.2 Å². The molecule has 2 aromatic rings. The molecule has 3 rings (SSSR count). The Morgan fingerprint density at radius 3 is 2.88 bits per heavy atom. The van der Waals surface area contributed by atoms with E-state index in [0.29, 0.717) is 11.0 Å². The molecule has 0 saturated heterocycles. The fraction of sp³-hybridized carbons (Fsp3) is 0.312. The van der Waals surface area contributed by atoms with Gasteiger partial charge in [0.25, 0.3) is 0 Å². The number of primary amides is 1. The monoisotopic (exact) mass is 408 g/mol. The summed E-state index contributed by atoms with van der Waals surface area (Å²) in [6.45, 7) is 0. The average molecular weight is 409 g/mol. The summed E-state index contributed by atoms with van der Waals surface area (Å²) < 4.78 is 0.866. The van der Waals surface area contributed by atoms with E-state index in [1.54, 1.807) is 0 Å². The topological polar surface area (TPSA) is 97.1 Å².